The molecule has 0 aliphatic carbocycles. The van der Waals surface area contributed by atoms with E-state index in [9.17, 15) is 0 Å². The molecule has 0 unspecified atom stereocenters. The highest BCUT2D eigenvalue weighted by molar-refractivity contribution is 5.52. The number of H-pyrrole nitrogens is 1. The maximum absolute atomic E-state index is 4.19. The molecular weight excluding hydrogens is 316 g/mol. The molecule has 0 saturated heterocycles. The van der Waals surface area contributed by atoms with Gasteiger partial charge in [0.25, 0.3) is 0 Å². The van der Waals surface area contributed by atoms with Crippen LogP contribution in [-0.4, -0.2) is 15.5 Å². The Labute approximate surface area is 128 Å². The molecular formula is C15H15BrN4. The summed E-state index contributed by atoms with van der Waals surface area (Å²) in [5, 5.41) is 11.1. The summed E-state index contributed by atoms with van der Waals surface area (Å²) >= 11 is 0. The maximum Gasteiger partial charge on any atom is 0.337 e. The highest BCUT2D eigenvalue weighted by Crippen LogP contribution is 2.16. The zero-order valence-corrected chi connectivity index (χ0v) is 12.9. The number of hydrogen-bond donors (Lipinski definition) is 1. The number of hydrogen-bond acceptors (Lipinski definition) is 2. The smallest absolute Gasteiger partial charge is 0.337 e. The van der Waals surface area contributed by atoms with Crippen LogP contribution in [0.1, 0.15) is 11.1 Å². The van der Waals surface area contributed by atoms with E-state index in [-0.39, 0.29) is 17.0 Å². The monoisotopic (exact) mass is 330 g/mol. The highest BCUT2D eigenvalue weighted by atomic mass is 79.9. The molecule has 0 fully saturated rings. The highest BCUT2D eigenvalue weighted by Gasteiger charge is 2.19. The number of nitrogens with zero attached hydrogens (tertiary/aromatic N) is 3. The lowest BCUT2D eigenvalue weighted by Crippen LogP contribution is -3.00. The minimum Gasteiger partial charge on any atom is -1.00 e. The third-order valence-electron chi connectivity index (χ3n) is 3.35. The summed E-state index contributed by atoms with van der Waals surface area (Å²) < 4.78 is 1.91. The van der Waals surface area contributed by atoms with E-state index in [0.29, 0.717) is 0 Å². The van der Waals surface area contributed by atoms with Gasteiger partial charge in [0.1, 0.15) is 10.8 Å². The van der Waals surface area contributed by atoms with E-state index in [4.69, 9.17) is 0 Å². The van der Waals surface area contributed by atoms with Crippen LogP contribution in [0.2, 0.25) is 0 Å². The van der Waals surface area contributed by atoms with Gasteiger partial charge in [-0.3, -0.25) is 0 Å². The molecule has 102 valence electrons. The summed E-state index contributed by atoms with van der Waals surface area (Å²) in [4.78, 5) is 0. The topological polar surface area (TPSA) is 45.5 Å². The Morgan fingerprint density at radius 1 is 0.950 bits per heavy atom. The van der Waals surface area contributed by atoms with Crippen LogP contribution in [0.15, 0.2) is 48.5 Å². The lowest BCUT2D eigenvalue weighted by atomic mass is 10.1. The molecule has 3 aromatic rings. The molecule has 0 aliphatic heterocycles. The van der Waals surface area contributed by atoms with E-state index in [1.165, 1.54) is 11.1 Å². The zero-order valence-electron chi connectivity index (χ0n) is 11.3. The van der Waals surface area contributed by atoms with Crippen molar-refractivity contribution >= 4 is 0 Å². The molecule has 20 heavy (non-hydrogen) atoms. The van der Waals surface area contributed by atoms with Crippen molar-refractivity contribution < 1.29 is 21.7 Å². The van der Waals surface area contributed by atoms with Gasteiger partial charge in [-0.05, 0) is 43.2 Å². The van der Waals surface area contributed by atoms with Crippen LogP contribution in [0.5, 0.6) is 0 Å². The van der Waals surface area contributed by atoms with Crippen LogP contribution in [-0.2, 0) is 0 Å². The maximum atomic E-state index is 4.19. The van der Waals surface area contributed by atoms with Crippen molar-refractivity contribution in [2.45, 2.75) is 13.8 Å². The fourth-order valence-corrected chi connectivity index (χ4v) is 2.13. The van der Waals surface area contributed by atoms with Crippen LogP contribution in [0.4, 0.5) is 0 Å². The number of benzene rings is 2. The van der Waals surface area contributed by atoms with Gasteiger partial charge in [-0.25, -0.2) is 0 Å². The molecule has 0 bridgehead atoms. The van der Waals surface area contributed by atoms with Crippen molar-refractivity contribution in [1.82, 2.24) is 15.5 Å². The van der Waals surface area contributed by atoms with Gasteiger partial charge in [-0.2, -0.15) is 0 Å². The third kappa shape index (κ3) is 2.49. The second kappa shape index (κ2) is 5.96. The van der Waals surface area contributed by atoms with E-state index in [1.54, 1.807) is 0 Å². The van der Waals surface area contributed by atoms with E-state index in [2.05, 4.69) is 41.5 Å². The van der Waals surface area contributed by atoms with Crippen LogP contribution in [0.25, 0.3) is 17.1 Å². The predicted molar refractivity (Wildman–Crippen MR) is 72.8 cm³/mol. The summed E-state index contributed by atoms with van der Waals surface area (Å²) in [5.74, 6) is 0.814. The van der Waals surface area contributed by atoms with Crippen molar-refractivity contribution in [2.24, 2.45) is 0 Å². The average molecular weight is 331 g/mol. The van der Waals surface area contributed by atoms with Gasteiger partial charge in [0.15, 0.2) is 5.21 Å². The Bertz CT molecular complexity index is 707. The van der Waals surface area contributed by atoms with E-state index in [1.807, 2.05) is 41.1 Å². The molecule has 0 saturated carbocycles. The Morgan fingerprint density at radius 3 is 2.45 bits per heavy atom. The molecule has 1 heterocycles. The number of aryl methyl sites for hydroxylation is 1. The number of aromatic nitrogens is 4. The third-order valence-corrected chi connectivity index (χ3v) is 3.35. The van der Waals surface area contributed by atoms with Gasteiger partial charge in [0.05, 0.1) is 5.56 Å². The molecule has 0 spiro atoms. The first-order valence-corrected chi connectivity index (χ1v) is 6.22. The van der Waals surface area contributed by atoms with Crippen LogP contribution in [0, 0.1) is 13.8 Å². The van der Waals surface area contributed by atoms with E-state index < -0.39 is 0 Å². The van der Waals surface area contributed by atoms with E-state index >= 15 is 0 Å². The Balaban J connectivity index is 0.00000147. The van der Waals surface area contributed by atoms with Gasteiger partial charge in [-0.1, -0.05) is 35.5 Å². The SMILES string of the molecule is Cc1cccc(-[n+]2[nH]nnc2-c2ccccc2)c1C.[Br-]. The number of nitrogens with one attached hydrogen (secondary N) is 1. The largest absolute Gasteiger partial charge is 1.00 e. The molecule has 0 aliphatic rings. The van der Waals surface area contributed by atoms with Crippen molar-refractivity contribution in [2.75, 3.05) is 0 Å². The van der Waals surface area contributed by atoms with Gasteiger partial charge in [0, 0.05) is 0 Å². The second-order valence-electron chi connectivity index (χ2n) is 4.54. The summed E-state index contributed by atoms with van der Waals surface area (Å²) in [6.07, 6.45) is 0. The normalized spacial score (nSPS) is 10.1. The lowest BCUT2D eigenvalue weighted by molar-refractivity contribution is -0.650. The van der Waals surface area contributed by atoms with Crippen molar-refractivity contribution in [1.29, 1.82) is 0 Å². The van der Waals surface area contributed by atoms with E-state index in [0.717, 1.165) is 17.1 Å². The summed E-state index contributed by atoms with van der Waals surface area (Å²) in [6.45, 7) is 4.21. The molecule has 1 aromatic heterocycles. The molecule has 4 nitrogen and oxygen atoms in total. The second-order valence-corrected chi connectivity index (χ2v) is 4.54. The van der Waals surface area contributed by atoms with Crippen LogP contribution < -0.4 is 21.7 Å². The lowest BCUT2D eigenvalue weighted by Gasteiger charge is -2.05. The quantitative estimate of drug-likeness (QED) is 0.636. The summed E-state index contributed by atoms with van der Waals surface area (Å²) in [6, 6.07) is 16.3. The fraction of sp³-hybridized carbons (Fsp3) is 0.133. The number of rotatable bonds is 2. The van der Waals surface area contributed by atoms with Gasteiger partial charge in [0.2, 0.25) is 0 Å². The number of halogens is 1. The molecule has 5 heteroatoms. The Hall–Kier alpha value is -2.01. The minimum absolute atomic E-state index is 0. The average Bonchev–Trinajstić information content (AvgIpc) is 2.92. The predicted octanol–water partition coefficient (Wildman–Crippen LogP) is -0.631. The Morgan fingerprint density at radius 2 is 1.70 bits per heavy atom. The summed E-state index contributed by atoms with van der Waals surface area (Å²) in [7, 11) is 0. The molecule has 2 aromatic carbocycles. The molecule has 0 radical (unpaired) electrons. The fourth-order valence-electron chi connectivity index (χ4n) is 2.13. The first-order chi connectivity index (χ1) is 9.27. The first kappa shape index (κ1) is 14.4. The number of tetrazole rings is 1. The van der Waals surface area contributed by atoms with Crippen LogP contribution in [0.3, 0.4) is 0 Å². The zero-order chi connectivity index (χ0) is 13.2. The van der Waals surface area contributed by atoms with Crippen molar-refractivity contribution in [3.63, 3.8) is 0 Å². The van der Waals surface area contributed by atoms with Gasteiger partial charge >= 0.3 is 5.82 Å². The molecule has 3 rings (SSSR count). The minimum atomic E-state index is 0. The Kier molecular flexibility index (Phi) is 4.29. The van der Waals surface area contributed by atoms with Crippen molar-refractivity contribution in [3.05, 3.63) is 59.7 Å². The molecule has 0 atom stereocenters. The molecule has 0 amide bonds. The first-order valence-electron chi connectivity index (χ1n) is 6.22. The summed E-state index contributed by atoms with van der Waals surface area (Å²) in [5.41, 5.74) is 4.58. The standard InChI is InChI=1S/C15H14N4.BrH/c1-11-7-6-10-14(12(11)2)19-15(16-17-18-19)13-8-4-3-5-9-13;/h3-10H,1-2H3;1H. The van der Waals surface area contributed by atoms with Gasteiger partial charge in [-0.15, -0.1) is 4.68 Å². The van der Waals surface area contributed by atoms with Crippen molar-refractivity contribution in [3.8, 4) is 17.1 Å². The number of aromatic amines is 1. The van der Waals surface area contributed by atoms with Gasteiger partial charge < -0.3 is 17.0 Å². The molecule has 1 N–H and O–H groups in total. The van der Waals surface area contributed by atoms with Crippen LogP contribution >= 0.6 is 0 Å².